The van der Waals surface area contributed by atoms with Crippen molar-refractivity contribution < 1.29 is 0 Å². The number of para-hydroxylation sites is 7. The second kappa shape index (κ2) is 13.9. The number of hydrogen-bond acceptors (Lipinski definition) is 3. The highest BCUT2D eigenvalue weighted by Gasteiger charge is 2.33. The van der Waals surface area contributed by atoms with E-state index in [1.54, 1.807) is 0 Å². The Labute approximate surface area is 356 Å². The zero-order valence-corrected chi connectivity index (χ0v) is 33.3. The highest BCUT2D eigenvalue weighted by atomic mass is 15.1. The van der Waals surface area contributed by atoms with E-state index in [-0.39, 0.29) is 0 Å². The van der Waals surface area contributed by atoms with Crippen molar-refractivity contribution in [2.24, 2.45) is 0 Å². The molecular formula is C56H34N6. The van der Waals surface area contributed by atoms with Crippen LogP contribution < -0.4 is 5.32 Å². The predicted molar refractivity (Wildman–Crippen MR) is 254 cm³/mol. The van der Waals surface area contributed by atoms with E-state index in [4.69, 9.17) is 0 Å². The van der Waals surface area contributed by atoms with Gasteiger partial charge in [0.25, 0.3) is 0 Å². The summed E-state index contributed by atoms with van der Waals surface area (Å²) < 4.78 is 6.60. The van der Waals surface area contributed by atoms with Gasteiger partial charge in [-0.15, -0.1) is 0 Å². The van der Waals surface area contributed by atoms with Crippen LogP contribution in [0, 0.1) is 22.7 Å². The van der Waals surface area contributed by atoms with Gasteiger partial charge >= 0.3 is 0 Å². The average molecular weight is 791 g/mol. The molecule has 0 spiro atoms. The van der Waals surface area contributed by atoms with Crippen molar-refractivity contribution >= 4 is 76.8 Å². The molecule has 3 aromatic heterocycles. The van der Waals surface area contributed by atoms with E-state index in [0.717, 1.165) is 82.2 Å². The van der Waals surface area contributed by atoms with Gasteiger partial charge in [-0.05, 0) is 48.0 Å². The average Bonchev–Trinajstić information content (AvgIpc) is 3.97. The highest BCUT2D eigenvalue weighted by Crippen LogP contribution is 2.48. The first-order valence-electron chi connectivity index (χ1n) is 20.7. The normalized spacial score (nSPS) is 11.5. The summed E-state index contributed by atoms with van der Waals surface area (Å²) in [4.78, 5) is 0. The molecule has 6 nitrogen and oxygen atoms in total. The Balaban J connectivity index is 1.36. The van der Waals surface area contributed by atoms with Gasteiger partial charge in [0.05, 0.1) is 55.8 Å². The van der Waals surface area contributed by atoms with E-state index in [9.17, 15) is 10.5 Å². The lowest BCUT2D eigenvalue weighted by Crippen LogP contribution is -2.15. The van der Waals surface area contributed by atoms with E-state index in [2.05, 4.69) is 159 Å². The molecule has 6 heteroatoms. The molecule has 0 aliphatic carbocycles. The zero-order valence-electron chi connectivity index (χ0n) is 33.3. The zero-order chi connectivity index (χ0) is 41.3. The largest absolute Gasteiger partial charge is 0.352 e. The van der Waals surface area contributed by atoms with Gasteiger partial charge in [0.15, 0.2) is 0 Å². The molecule has 0 amide bonds. The van der Waals surface area contributed by atoms with Crippen LogP contribution >= 0.6 is 0 Å². The molecule has 3 heterocycles. The Kier molecular flexibility index (Phi) is 7.87. The summed E-state index contributed by atoms with van der Waals surface area (Å²) in [5.41, 5.74) is 11.5. The van der Waals surface area contributed by atoms with Gasteiger partial charge in [0.2, 0.25) is 0 Å². The molecule has 12 aromatic rings. The fourth-order valence-electron chi connectivity index (χ4n) is 9.79. The van der Waals surface area contributed by atoms with Crippen LogP contribution in [-0.4, -0.2) is 13.7 Å². The van der Waals surface area contributed by atoms with Crippen LogP contribution in [0.15, 0.2) is 200 Å². The first kappa shape index (κ1) is 35.1. The molecule has 62 heavy (non-hydrogen) atoms. The number of fused-ring (bicyclic) bond motifs is 9. The number of aromatic nitrogens is 3. The maximum Gasteiger partial charge on any atom is 0.104 e. The van der Waals surface area contributed by atoms with Crippen molar-refractivity contribution in [1.82, 2.24) is 13.7 Å². The number of nitrogens with one attached hydrogen (secondary N) is 1. The van der Waals surface area contributed by atoms with Crippen molar-refractivity contribution in [2.75, 3.05) is 5.32 Å². The van der Waals surface area contributed by atoms with Crippen molar-refractivity contribution in [3.63, 3.8) is 0 Å². The molecule has 12 rings (SSSR count). The highest BCUT2D eigenvalue weighted by molar-refractivity contribution is 6.14. The summed E-state index contributed by atoms with van der Waals surface area (Å²) in [6.07, 6.45) is 0. The number of nitrogens with zero attached hydrogens (tertiary/aromatic N) is 5. The smallest absolute Gasteiger partial charge is 0.104 e. The molecule has 0 aliphatic heterocycles. The molecule has 0 bridgehead atoms. The molecule has 0 fully saturated rings. The van der Waals surface area contributed by atoms with E-state index < -0.39 is 0 Å². The Morgan fingerprint density at radius 1 is 0.323 bits per heavy atom. The molecule has 0 unspecified atom stereocenters. The van der Waals surface area contributed by atoms with Gasteiger partial charge in [-0.2, -0.15) is 10.5 Å². The van der Waals surface area contributed by atoms with E-state index >= 15 is 0 Å². The van der Waals surface area contributed by atoms with Crippen LogP contribution in [0.5, 0.6) is 0 Å². The van der Waals surface area contributed by atoms with Crippen LogP contribution in [0.4, 0.5) is 11.4 Å². The summed E-state index contributed by atoms with van der Waals surface area (Å²) in [5, 5.41) is 34.4. The number of nitriles is 2. The topological polar surface area (TPSA) is 74.4 Å². The van der Waals surface area contributed by atoms with Gasteiger partial charge in [-0.3, -0.25) is 0 Å². The Bertz CT molecular complexity index is 3710. The van der Waals surface area contributed by atoms with Gasteiger partial charge in [0.1, 0.15) is 23.3 Å². The van der Waals surface area contributed by atoms with Crippen LogP contribution in [0.2, 0.25) is 0 Å². The first-order valence-corrected chi connectivity index (χ1v) is 20.7. The fraction of sp³-hybridized carbons (Fsp3) is 0. The lowest BCUT2D eigenvalue weighted by atomic mass is 9.98. The summed E-state index contributed by atoms with van der Waals surface area (Å²) in [7, 11) is 0. The second-order valence-corrected chi connectivity index (χ2v) is 15.5. The van der Waals surface area contributed by atoms with E-state index in [0.29, 0.717) is 33.9 Å². The Morgan fingerprint density at radius 3 is 1.05 bits per heavy atom. The first-order chi connectivity index (χ1) is 30.7. The van der Waals surface area contributed by atoms with Crippen LogP contribution in [0.3, 0.4) is 0 Å². The molecule has 0 aliphatic rings. The molecule has 1 N–H and O–H groups in total. The summed E-state index contributed by atoms with van der Waals surface area (Å²) in [5.74, 6) is 0. The Morgan fingerprint density at radius 2 is 0.645 bits per heavy atom. The summed E-state index contributed by atoms with van der Waals surface area (Å²) in [6.45, 7) is 0. The molecule has 0 atom stereocenters. The van der Waals surface area contributed by atoms with E-state index in [1.807, 2.05) is 72.8 Å². The van der Waals surface area contributed by atoms with Crippen LogP contribution in [0.1, 0.15) is 11.1 Å². The third-order valence-electron chi connectivity index (χ3n) is 12.3. The number of anilines is 2. The lowest BCUT2D eigenvalue weighted by molar-refractivity contribution is 1.06. The van der Waals surface area contributed by atoms with Crippen molar-refractivity contribution in [2.45, 2.75) is 0 Å². The molecule has 0 radical (unpaired) electrons. The van der Waals surface area contributed by atoms with Crippen LogP contribution in [-0.2, 0) is 0 Å². The van der Waals surface area contributed by atoms with Crippen LogP contribution in [0.25, 0.3) is 93.6 Å². The van der Waals surface area contributed by atoms with Gasteiger partial charge in [0, 0.05) is 43.6 Å². The fourth-order valence-corrected chi connectivity index (χ4v) is 9.79. The Hall–Kier alpha value is -8.84. The van der Waals surface area contributed by atoms with E-state index in [1.165, 1.54) is 0 Å². The maximum absolute atomic E-state index is 12.1. The third kappa shape index (κ3) is 5.02. The minimum Gasteiger partial charge on any atom is -0.352 e. The summed E-state index contributed by atoms with van der Waals surface area (Å²) in [6, 6.07) is 74.0. The number of rotatable bonds is 6. The molecule has 0 saturated heterocycles. The second-order valence-electron chi connectivity index (χ2n) is 15.5. The molecule has 9 aromatic carbocycles. The molecule has 0 saturated carbocycles. The quantitative estimate of drug-likeness (QED) is 0.182. The maximum atomic E-state index is 12.1. The van der Waals surface area contributed by atoms with Gasteiger partial charge in [-0.1, -0.05) is 158 Å². The minimum absolute atomic E-state index is 0.395. The number of hydrogen-bond donors (Lipinski definition) is 1. The standard InChI is InChI=1S/C56H34N6/c57-34-44-53(59-46-27-11-4-20-37(46)36-18-2-1-3-19-36)54(60-47-28-12-5-21-38(47)39-22-6-13-29-48(39)60)45(35-58)56(62-51-32-16-9-25-42(51)43-26-10-17-33-52(43)62)55(44)61-49-30-14-7-23-40(49)41-24-8-15-31-50(41)61/h1-33,59H. The van der Waals surface area contributed by atoms with Crippen molar-refractivity contribution in [3.05, 3.63) is 211 Å². The SMILES string of the molecule is N#Cc1c(Nc2ccccc2-c2ccccc2)c(-n2c3ccccc3c3ccccc32)c(C#N)c(-n2c3ccccc3c3ccccc32)c1-n1c2ccccc2c2ccccc21. The number of benzene rings is 9. The lowest BCUT2D eigenvalue weighted by Gasteiger charge is -2.27. The molecular weight excluding hydrogens is 757 g/mol. The van der Waals surface area contributed by atoms with Crippen molar-refractivity contribution in [1.29, 1.82) is 10.5 Å². The minimum atomic E-state index is 0.395. The van der Waals surface area contributed by atoms with Crippen molar-refractivity contribution in [3.8, 4) is 40.3 Å². The monoisotopic (exact) mass is 790 g/mol. The van der Waals surface area contributed by atoms with Gasteiger partial charge < -0.3 is 19.0 Å². The third-order valence-corrected chi connectivity index (χ3v) is 12.3. The predicted octanol–water partition coefficient (Wildman–Crippen LogP) is 14.1. The van der Waals surface area contributed by atoms with Gasteiger partial charge in [-0.25, -0.2) is 0 Å². The molecule has 288 valence electrons. The summed E-state index contributed by atoms with van der Waals surface area (Å²) >= 11 is 0.